The molecule has 0 radical (unpaired) electrons. The fourth-order valence-corrected chi connectivity index (χ4v) is 1.38. The van der Waals surface area contributed by atoms with Crippen molar-refractivity contribution in [1.29, 1.82) is 0 Å². The summed E-state index contributed by atoms with van der Waals surface area (Å²) in [6.07, 6.45) is 0.0563. The second-order valence-corrected chi connectivity index (χ2v) is 3.39. The van der Waals surface area contributed by atoms with Gasteiger partial charge in [0, 0.05) is 6.04 Å². The zero-order valence-corrected chi connectivity index (χ0v) is 10.0. The molecule has 0 fully saturated rings. The van der Waals surface area contributed by atoms with Crippen LogP contribution in [0.3, 0.4) is 0 Å². The first kappa shape index (κ1) is 14.9. The maximum Gasteiger partial charge on any atom is 0.307 e. The third-order valence-electron chi connectivity index (χ3n) is 2.26. The Hall–Kier alpha value is -1.13. The number of methoxy groups -OCH3 is 1. The van der Waals surface area contributed by atoms with Crippen LogP contribution in [0.4, 0.5) is 4.39 Å². The molecule has 0 saturated carbocycles. The van der Waals surface area contributed by atoms with E-state index in [0.29, 0.717) is 5.56 Å². The maximum absolute atomic E-state index is 13.0. The second kappa shape index (κ2) is 6.45. The van der Waals surface area contributed by atoms with Gasteiger partial charge in [0.1, 0.15) is 5.82 Å². The Morgan fingerprint density at radius 3 is 2.75 bits per heavy atom. The molecule has 3 nitrogen and oxygen atoms in total. The minimum absolute atomic E-state index is 0. The van der Waals surface area contributed by atoms with Crippen LogP contribution >= 0.6 is 12.4 Å². The van der Waals surface area contributed by atoms with Gasteiger partial charge in [0.2, 0.25) is 0 Å². The average molecular weight is 248 g/mol. The Morgan fingerprint density at radius 2 is 2.19 bits per heavy atom. The van der Waals surface area contributed by atoms with E-state index >= 15 is 0 Å². The van der Waals surface area contributed by atoms with Crippen LogP contribution < -0.4 is 5.73 Å². The number of rotatable bonds is 3. The number of aryl methyl sites for hydroxylation is 1. The van der Waals surface area contributed by atoms with Gasteiger partial charge in [0.05, 0.1) is 13.5 Å². The molecule has 0 heterocycles. The van der Waals surface area contributed by atoms with Gasteiger partial charge in [-0.1, -0.05) is 6.07 Å². The van der Waals surface area contributed by atoms with E-state index in [9.17, 15) is 9.18 Å². The predicted octanol–water partition coefficient (Wildman–Crippen LogP) is 2.12. The summed E-state index contributed by atoms with van der Waals surface area (Å²) in [6.45, 7) is 1.83. The largest absolute Gasteiger partial charge is 0.469 e. The Balaban J connectivity index is 0.00000225. The highest BCUT2D eigenvalue weighted by Gasteiger charge is 2.14. The Morgan fingerprint density at radius 1 is 1.56 bits per heavy atom. The molecular weight excluding hydrogens is 233 g/mol. The van der Waals surface area contributed by atoms with Crippen molar-refractivity contribution in [3.8, 4) is 0 Å². The Labute approximate surface area is 100 Å². The van der Waals surface area contributed by atoms with E-state index < -0.39 is 12.0 Å². The normalized spacial score (nSPS) is 11.5. The molecule has 1 aromatic carbocycles. The summed E-state index contributed by atoms with van der Waals surface area (Å²) in [4.78, 5) is 11.0. The van der Waals surface area contributed by atoms with Crippen LogP contribution in [-0.4, -0.2) is 13.1 Å². The highest BCUT2D eigenvalue weighted by molar-refractivity contribution is 5.85. The van der Waals surface area contributed by atoms with Crippen LogP contribution in [0.25, 0.3) is 0 Å². The Bertz CT molecular complexity index is 371. The van der Waals surface area contributed by atoms with Gasteiger partial charge in [-0.25, -0.2) is 4.39 Å². The molecule has 1 unspecified atom stereocenters. The first-order chi connectivity index (χ1) is 7.04. The van der Waals surface area contributed by atoms with Gasteiger partial charge in [-0.05, 0) is 30.2 Å². The monoisotopic (exact) mass is 247 g/mol. The van der Waals surface area contributed by atoms with E-state index in [1.807, 2.05) is 6.92 Å². The van der Waals surface area contributed by atoms with E-state index in [-0.39, 0.29) is 24.6 Å². The fraction of sp³-hybridized carbons (Fsp3) is 0.364. The molecule has 90 valence electrons. The minimum atomic E-state index is -0.520. The highest BCUT2D eigenvalue weighted by Crippen LogP contribution is 2.19. The molecule has 0 saturated heterocycles. The maximum atomic E-state index is 13.0. The van der Waals surface area contributed by atoms with Crippen LogP contribution in [0.15, 0.2) is 18.2 Å². The molecule has 0 aliphatic carbocycles. The van der Waals surface area contributed by atoms with Crippen LogP contribution in [0, 0.1) is 12.7 Å². The van der Waals surface area contributed by atoms with E-state index in [0.717, 1.165) is 5.56 Å². The van der Waals surface area contributed by atoms with Gasteiger partial charge >= 0.3 is 5.97 Å². The predicted molar refractivity (Wildman–Crippen MR) is 61.9 cm³/mol. The number of halogens is 2. The summed E-state index contributed by atoms with van der Waals surface area (Å²) in [5.74, 6) is -0.748. The SMILES string of the molecule is COC(=O)CC(N)c1cc(F)ccc1C.Cl. The lowest BCUT2D eigenvalue weighted by Gasteiger charge is -2.13. The van der Waals surface area contributed by atoms with Crippen molar-refractivity contribution >= 4 is 18.4 Å². The molecular formula is C11H15ClFNO2. The van der Waals surface area contributed by atoms with E-state index in [1.165, 1.54) is 19.2 Å². The summed E-state index contributed by atoms with van der Waals surface area (Å²) < 4.78 is 17.5. The zero-order chi connectivity index (χ0) is 11.4. The molecule has 2 N–H and O–H groups in total. The molecule has 1 atom stereocenters. The average Bonchev–Trinajstić information content (AvgIpc) is 2.21. The summed E-state index contributed by atoms with van der Waals surface area (Å²) >= 11 is 0. The number of esters is 1. The first-order valence-electron chi connectivity index (χ1n) is 4.63. The van der Waals surface area contributed by atoms with Crippen molar-refractivity contribution in [3.05, 3.63) is 35.1 Å². The van der Waals surface area contributed by atoms with Gasteiger partial charge in [-0.15, -0.1) is 12.4 Å². The summed E-state index contributed by atoms with van der Waals surface area (Å²) in [7, 11) is 1.30. The van der Waals surface area contributed by atoms with Crippen molar-refractivity contribution in [2.45, 2.75) is 19.4 Å². The number of ether oxygens (including phenoxy) is 1. The number of benzene rings is 1. The van der Waals surface area contributed by atoms with Crippen LogP contribution in [0.1, 0.15) is 23.6 Å². The summed E-state index contributed by atoms with van der Waals surface area (Å²) in [5.41, 5.74) is 7.28. The van der Waals surface area contributed by atoms with Gasteiger partial charge in [-0.2, -0.15) is 0 Å². The molecule has 0 aliphatic rings. The number of carbonyl (C=O) groups excluding carboxylic acids is 1. The summed E-state index contributed by atoms with van der Waals surface area (Å²) in [6, 6.07) is 3.84. The number of hydrogen-bond acceptors (Lipinski definition) is 3. The molecule has 5 heteroatoms. The van der Waals surface area contributed by atoms with Crippen molar-refractivity contribution in [2.75, 3.05) is 7.11 Å². The molecule has 16 heavy (non-hydrogen) atoms. The van der Waals surface area contributed by atoms with E-state index in [2.05, 4.69) is 4.74 Å². The van der Waals surface area contributed by atoms with E-state index in [4.69, 9.17) is 5.73 Å². The molecule has 1 rings (SSSR count). The molecule has 0 aliphatic heterocycles. The van der Waals surface area contributed by atoms with Gasteiger partial charge < -0.3 is 10.5 Å². The van der Waals surface area contributed by atoms with E-state index in [1.54, 1.807) is 6.07 Å². The zero-order valence-electron chi connectivity index (χ0n) is 9.20. The molecule has 0 amide bonds. The van der Waals surface area contributed by atoms with Gasteiger partial charge in [0.25, 0.3) is 0 Å². The standard InChI is InChI=1S/C11H14FNO2.ClH/c1-7-3-4-8(12)5-9(7)10(13)6-11(14)15-2;/h3-5,10H,6,13H2,1-2H3;1H. The number of carbonyl (C=O) groups is 1. The van der Waals surface area contributed by atoms with Gasteiger partial charge in [-0.3, -0.25) is 4.79 Å². The van der Waals surface area contributed by atoms with Crippen LogP contribution in [-0.2, 0) is 9.53 Å². The van der Waals surface area contributed by atoms with Crippen molar-refractivity contribution in [1.82, 2.24) is 0 Å². The fourth-order valence-electron chi connectivity index (χ4n) is 1.38. The lowest BCUT2D eigenvalue weighted by molar-refractivity contribution is -0.141. The first-order valence-corrected chi connectivity index (χ1v) is 4.63. The molecule has 1 aromatic rings. The molecule has 0 aromatic heterocycles. The van der Waals surface area contributed by atoms with Crippen molar-refractivity contribution in [2.24, 2.45) is 5.73 Å². The topological polar surface area (TPSA) is 52.3 Å². The number of hydrogen-bond donors (Lipinski definition) is 1. The van der Waals surface area contributed by atoms with Crippen molar-refractivity contribution in [3.63, 3.8) is 0 Å². The molecule has 0 bridgehead atoms. The quantitative estimate of drug-likeness (QED) is 0.833. The summed E-state index contributed by atoms with van der Waals surface area (Å²) in [5, 5.41) is 0. The minimum Gasteiger partial charge on any atom is -0.469 e. The lowest BCUT2D eigenvalue weighted by Crippen LogP contribution is -2.17. The third kappa shape index (κ3) is 3.79. The number of nitrogens with two attached hydrogens (primary N) is 1. The van der Waals surface area contributed by atoms with Crippen LogP contribution in [0.2, 0.25) is 0 Å². The smallest absolute Gasteiger partial charge is 0.307 e. The molecule has 0 spiro atoms. The van der Waals surface area contributed by atoms with Crippen LogP contribution in [0.5, 0.6) is 0 Å². The highest BCUT2D eigenvalue weighted by atomic mass is 35.5. The van der Waals surface area contributed by atoms with Gasteiger partial charge in [0.15, 0.2) is 0 Å². The van der Waals surface area contributed by atoms with Crippen molar-refractivity contribution < 1.29 is 13.9 Å². The lowest BCUT2D eigenvalue weighted by atomic mass is 9.99. The third-order valence-corrected chi connectivity index (χ3v) is 2.26. The Kier molecular flexibility index (Phi) is 6.00. The second-order valence-electron chi connectivity index (χ2n) is 3.39.